The van der Waals surface area contributed by atoms with Crippen LogP contribution in [-0.4, -0.2) is 31.1 Å². The molecule has 1 N–H and O–H groups in total. The summed E-state index contributed by atoms with van der Waals surface area (Å²) in [5.74, 6) is 0. The fraction of sp³-hybridized carbons (Fsp3) is 0.857. The highest BCUT2D eigenvalue weighted by atomic mass is 16.6. The van der Waals surface area contributed by atoms with Gasteiger partial charge in [0.2, 0.25) is 0 Å². The summed E-state index contributed by atoms with van der Waals surface area (Å²) in [7, 11) is 0. The Morgan fingerprint density at radius 2 is 2.00 bits per heavy atom. The Kier molecular flexibility index (Phi) is 9.94. The van der Waals surface area contributed by atoms with Gasteiger partial charge in [-0.1, -0.05) is 18.5 Å². The fourth-order valence-corrected chi connectivity index (χ4v) is 1.23. The lowest BCUT2D eigenvalue weighted by atomic mass is 10.2. The molecule has 0 unspecified atom stereocenters. The van der Waals surface area contributed by atoms with E-state index in [2.05, 4.69) is 17.4 Å². The van der Waals surface area contributed by atoms with Gasteiger partial charge in [-0.15, -0.1) is 0 Å². The minimum atomic E-state index is -0.438. The van der Waals surface area contributed by atoms with Crippen LogP contribution in [0.1, 0.15) is 59.8 Å². The van der Waals surface area contributed by atoms with Crippen molar-refractivity contribution >= 4 is 12.3 Å². The van der Waals surface area contributed by atoms with Crippen molar-refractivity contribution in [2.24, 2.45) is 5.16 Å². The first-order valence-electron chi connectivity index (χ1n) is 7.06. The summed E-state index contributed by atoms with van der Waals surface area (Å²) < 4.78 is 5.12. The van der Waals surface area contributed by atoms with Crippen molar-refractivity contribution in [3.05, 3.63) is 0 Å². The summed E-state index contributed by atoms with van der Waals surface area (Å²) in [6, 6.07) is 0. The van der Waals surface area contributed by atoms with E-state index in [1.165, 1.54) is 0 Å². The number of nitrogens with zero attached hydrogens (tertiary/aromatic N) is 1. The normalized spacial score (nSPS) is 11.6. The number of oxime groups is 1. The highest BCUT2D eigenvalue weighted by Crippen LogP contribution is 2.06. The van der Waals surface area contributed by atoms with Crippen LogP contribution in [0.4, 0.5) is 4.79 Å². The van der Waals surface area contributed by atoms with E-state index < -0.39 is 5.60 Å². The van der Waals surface area contributed by atoms with E-state index in [1.54, 1.807) is 6.21 Å². The van der Waals surface area contributed by atoms with Crippen molar-refractivity contribution in [1.29, 1.82) is 0 Å². The van der Waals surface area contributed by atoms with E-state index in [4.69, 9.17) is 9.57 Å². The topological polar surface area (TPSA) is 59.9 Å². The van der Waals surface area contributed by atoms with E-state index in [0.29, 0.717) is 13.2 Å². The second-order valence-corrected chi connectivity index (χ2v) is 5.40. The molecule has 0 aliphatic rings. The molecule has 0 fully saturated rings. The molecule has 0 spiro atoms. The average Bonchev–Trinajstić information content (AvgIpc) is 2.29. The summed E-state index contributed by atoms with van der Waals surface area (Å²) in [5, 5.41) is 6.57. The van der Waals surface area contributed by atoms with E-state index in [1.807, 2.05) is 20.8 Å². The number of alkyl carbamates (subject to hydrolysis) is 1. The minimum absolute atomic E-state index is 0.357. The molecule has 112 valence electrons. The van der Waals surface area contributed by atoms with Crippen molar-refractivity contribution in [3.8, 4) is 0 Å². The zero-order valence-electron chi connectivity index (χ0n) is 12.7. The molecule has 0 radical (unpaired) electrons. The van der Waals surface area contributed by atoms with Gasteiger partial charge in [-0.3, -0.25) is 0 Å². The van der Waals surface area contributed by atoms with Gasteiger partial charge in [0.05, 0.1) is 0 Å². The molecule has 5 nitrogen and oxygen atoms in total. The number of hydrogen-bond donors (Lipinski definition) is 1. The largest absolute Gasteiger partial charge is 0.444 e. The molecule has 0 heterocycles. The lowest BCUT2D eigenvalue weighted by Crippen LogP contribution is -2.32. The standard InChI is InChI=1S/C14H28N2O3/c1-5-6-12-18-16-11-9-7-8-10-15-13(17)19-14(2,3)4/h11H,5-10,12H2,1-4H3,(H,15,17)/b16-11+. The second kappa shape index (κ2) is 10.6. The molecule has 0 saturated carbocycles. The van der Waals surface area contributed by atoms with Crippen LogP contribution in [0.3, 0.4) is 0 Å². The maximum atomic E-state index is 11.3. The first-order valence-corrected chi connectivity index (χ1v) is 7.06. The third-order valence-electron chi connectivity index (χ3n) is 2.17. The van der Waals surface area contributed by atoms with Gasteiger partial charge in [0.15, 0.2) is 0 Å². The SMILES string of the molecule is CCCCO/N=C/CCCCNC(=O)OC(C)(C)C. The van der Waals surface area contributed by atoms with Crippen molar-refractivity contribution in [3.63, 3.8) is 0 Å². The van der Waals surface area contributed by atoms with Crippen LogP contribution in [0.5, 0.6) is 0 Å². The van der Waals surface area contributed by atoms with Gasteiger partial charge in [-0.25, -0.2) is 4.79 Å². The quantitative estimate of drug-likeness (QED) is 0.397. The van der Waals surface area contributed by atoms with Gasteiger partial charge in [0.1, 0.15) is 12.2 Å². The number of amides is 1. The second-order valence-electron chi connectivity index (χ2n) is 5.40. The number of carbonyl (C=O) groups excluding carboxylic acids is 1. The summed E-state index contributed by atoms with van der Waals surface area (Å²) in [6.45, 7) is 8.97. The highest BCUT2D eigenvalue weighted by Gasteiger charge is 2.15. The molecule has 0 atom stereocenters. The number of ether oxygens (including phenoxy) is 1. The lowest BCUT2D eigenvalue weighted by molar-refractivity contribution is 0.0527. The molecule has 19 heavy (non-hydrogen) atoms. The first-order chi connectivity index (χ1) is 8.95. The predicted molar refractivity (Wildman–Crippen MR) is 77.4 cm³/mol. The van der Waals surface area contributed by atoms with Gasteiger partial charge in [0.25, 0.3) is 0 Å². The van der Waals surface area contributed by atoms with Crippen molar-refractivity contribution in [2.45, 2.75) is 65.4 Å². The Labute approximate surface area is 116 Å². The zero-order chi connectivity index (χ0) is 14.6. The molecule has 0 bridgehead atoms. The third kappa shape index (κ3) is 14.7. The maximum Gasteiger partial charge on any atom is 0.407 e. The maximum absolute atomic E-state index is 11.3. The number of unbranched alkanes of at least 4 members (excludes halogenated alkanes) is 3. The number of hydrogen-bond acceptors (Lipinski definition) is 4. The Balaban J connectivity index is 3.33. The third-order valence-corrected chi connectivity index (χ3v) is 2.17. The van der Waals surface area contributed by atoms with Crippen LogP contribution in [0.2, 0.25) is 0 Å². The van der Waals surface area contributed by atoms with Crippen molar-refractivity contribution in [1.82, 2.24) is 5.32 Å². The van der Waals surface area contributed by atoms with Gasteiger partial charge >= 0.3 is 6.09 Å². The first kappa shape index (κ1) is 17.7. The predicted octanol–water partition coefficient (Wildman–Crippen LogP) is 3.48. The van der Waals surface area contributed by atoms with Crippen molar-refractivity contribution < 1.29 is 14.4 Å². The van der Waals surface area contributed by atoms with Gasteiger partial charge in [-0.05, 0) is 46.5 Å². The molecule has 1 amide bonds. The number of carbonyl (C=O) groups is 1. The molecular formula is C14H28N2O3. The molecule has 0 aliphatic heterocycles. The van der Waals surface area contributed by atoms with E-state index in [0.717, 1.165) is 32.1 Å². The Morgan fingerprint density at radius 1 is 1.26 bits per heavy atom. The Hall–Kier alpha value is -1.26. The molecule has 0 aromatic carbocycles. The smallest absolute Gasteiger partial charge is 0.407 e. The lowest BCUT2D eigenvalue weighted by Gasteiger charge is -2.19. The molecule has 0 aliphatic carbocycles. The van der Waals surface area contributed by atoms with Gasteiger partial charge in [-0.2, -0.15) is 0 Å². The van der Waals surface area contributed by atoms with Gasteiger partial charge < -0.3 is 14.9 Å². The molecule has 0 aromatic heterocycles. The van der Waals surface area contributed by atoms with Crippen LogP contribution in [0.25, 0.3) is 0 Å². The number of rotatable bonds is 9. The van der Waals surface area contributed by atoms with E-state index >= 15 is 0 Å². The summed E-state index contributed by atoms with van der Waals surface area (Å²) >= 11 is 0. The molecule has 5 heteroatoms. The average molecular weight is 272 g/mol. The van der Waals surface area contributed by atoms with Crippen LogP contribution >= 0.6 is 0 Å². The Morgan fingerprint density at radius 3 is 2.63 bits per heavy atom. The van der Waals surface area contributed by atoms with Crippen LogP contribution in [0.15, 0.2) is 5.16 Å². The summed E-state index contributed by atoms with van der Waals surface area (Å²) in [4.78, 5) is 16.4. The van der Waals surface area contributed by atoms with Gasteiger partial charge in [0, 0.05) is 12.8 Å². The minimum Gasteiger partial charge on any atom is -0.444 e. The molecule has 0 aromatic rings. The molecule has 0 saturated heterocycles. The summed E-state index contributed by atoms with van der Waals surface area (Å²) in [6.07, 6.45) is 6.31. The Bertz CT molecular complexity index is 260. The molecule has 0 rings (SSSR count). The van der Waals surface area contributed by atoms with Crippen LogP contribution in [-0.2, 0) is 9.57 Å². The highest BCUT2D eigenvalue weighted by molar-refractivity contribution is 5.67. The fourth-order valence-electron chi connectivity index (χ4n) is 1.23. The van der Waals surface area contributed by atoms with E-state index in [9.17, 15) is 4.79 Å². The van der Waals surface area contributed by atoms with Crippen molar-refractivity contribution in [2.75, 3.05) is 13.2 Å². The van der Waals surface area contributed by atoms with Crippen LogP contribution < -0.4 is 5.32 Å². The number of nitrogens with one attached hydrogen (secondary N) is 1. The summed E-state index contributed by atoms with van der Waals surface area (Å²) in [5.41, 5.74) is -0.438. The monoisotopic (exact) mass is 272 g/mol. The van der Waals surface area contributed by atoms with Crippen LogP contribution in [0, 0.1) is 0 Å². The molecular weight excluding hydrogens is 244 g/mol. The van der Waals surface area contributed by atoms with E-state index in [-0.39, 0.29) is 6.09 Å². The zero-order valence-corrected chi connectivity index (χ0v) is 12.7.